The molecule has 0 N–H and O–H groups in total. The van der Waals surface area contributed by atoms with E-state index >= 15 is 0 Å². The third-order valence-corrected chi connectivity index (χ3v) is 3.85. The second-order valence-corrected chi connectivity index (χ2v) is 4.84. The molecule has 0 atom stereocenters. The Balaban J connectivity index is 2.54. The minimum Gasteiger partial charge on any atom is -0.367 e. The van der Waals surface area contributed by atoms with Crippen LogP contribution in [0.5, 0.6) is 0 Å². The molecule has 0 bridgehead atoms. The maximum absolute atomic E-state index is 13.0. The molecule has 0 radical (unpaired) electrons. The number of para-hydroxylation sites is 1. The van der Waals surface area contributed by atoms with E-state index in [0.717, 1.165) is 10.9 Å². The zero-order valence-electron chi connectivity index (χ0n) is 12.3. The predicted molar refractivity (Wildman–Crippen MR) is 81.0 cm³/mol. The van der Waals surface area contributed by atoms with Crippen LogP contribution in [-0.4, -0.2) is 23.0 Å². The summed E-state index contributed by atoms with van der Waals surface area (Å²) in [6.45, 7) is 6.45. The van der Waals surface area contributed by atoms with Crippen molar-refractivity contribution in [1.82, 2.24) is 4.98 Å². The zero-order valence-corrected chi connectivity index (χ0v) is 12.3. The van der Waals surface area contributed by atoms with Crippen LogP contribution in [0.25, 0.3) is 10.9 Å². The van der Waals surface area contributed by atoms with Gasteiger partial charge < -0.3 is 4.74 Å². The molecule has 0 aliphatic heterocycles. The highest BCUT2D eigenvalue weighted by molar-refractivity contribution is 6.10. The van der Waals surface area contributed by atoms with Gasteiger partial charge in [-0.2, -0.15) is 0 Å². The van der Waals surface area contributed by atoms with E-state index in [4.69, 9.17) is 4.74 Å². The Labute approximate surface area is 120 Å². The van der Waals surface area contributed by atoms with E-state index < -0.39 is 5.60 Å². The SMILES string of the molecule is CCOC(CC)(CC)C(=O)c1cccc2cccnc12. The molecule has 1 aromatic heterocycles. The first kappa shape index (κ1) is 14.7. The molecule has 0 saturated heterocycles. The van der Waals surface area contributed by atoms with Gasteiger partial charge in [-0.3, -0.25) is 9.78 Å². The molecular formula is C17H21NO2. The van der Waals surface area contributed by atoms with Crippen LogP contribution in [0.15, 0.2) is 36.5 Å². The molecule has 3 heteroatoms. The Hall–Kier alpha value is -1.74. The van der Waals surface area contributed by atoms with Crippen molar-refractivity contribution < 1.29 is 9.53 Å². The van der Waals surface area contributed by atoms with Gasteiger partial charge in [-0.25, -0.2) is 0 Å². The lowest BCUT2D eigenvalue weighted by atomic mass is 9.86. The highest BCUT2D eigenvalue weighted by Crippen LogP contribution is 2.28. The minimum atomic E-state index is -0.736. The van der Waals surface area contributed by atoms with Gasteiger partial charge in [0, 0.05) is 23.8 Å². The number of hydrogen-bond donors (Lipinski definition) is 0. The van der Waals surface area contributed by atoms with E-state index in [9.17, 15) is 4.79 Å². The standard InChI is InChI=1S/C17H21NO2/c1-4-17(5-2,20-6-3)16(19)14-11-7-9-13-10-8-12-18-15(13)14/h7-12H,4-6H2,1-3H3. The molecule has 0 fully saturated rings. The van der Waals surface area contributed by atoms with Crippen LogP contribution in [-0.2, 0) is 4.74 Å². The molecule has 1 aromatic carbocycles. The highest BCUT2D eigenvalue weighted by Gasteiger charge is 2.37. The van der Waals surface area contributed by atoms with Crippen LogP contribution in [0.1, 0.15) is 44.0 Å². The Bertz CT molecular complexity index is 597. The highest BCUT2D eigenvalue weighted by atomic mass is 16.5. The van der Waals surface area contributed by atoms with Crippen molar-refractivity contribution in [1.29, 1.82) is 0 Å². The van der Waals surface area contributed by atoms with Gasteiger partial charge in [0.05, 0.1) is 5.52 Å². The number of pyridine rings is 1. The van der Waals surface area contributed by atoms with Gasteiger partial charge in [-0.15, -0.1) is 0 Å². The lowest BCUT2D eigenvalue weighted by Crippen LogP contribution is -2.40. The number of ether oxygens (including phenoxy) is 1. The van der Waals surface area contributed by atoms with Crippen molar-refractivity contribution in [3.63, 3.8) is 0 Å². The summed E-state index contributed by atoms with van der Waals surface area (Å²) in [5.41, 5.74) is 0.673. The summed E-state index contributed by atoms with van der Waals surface area (Å²) >= 11 is 0. The molecule has 3 nitrogen and oxygen atoms in total. The number of fused-ring (bicyclic) bond motifs is 1. The number of ketones is 1. The molecule has 0 spiro atoms. The molecule has 2 aromatic rings. The van der Waals surface area contributed by atoms with Gasteiger partial charge in [0.25, 0.3) is 0 Å². The van der Waals surface area contributed by atoms with Gasteiger partial charge in [-0.05, 0) is 31.9 Å². The first-order valence-electron chi connectivity index (χ1n) is 7.21. The number of aromatic nitrogens is 1. The summed E-state index contributed by atoms with van der Waals surface area (Å²) < 4.78 is 5.82. The quantitative estimate of drug-likeness (QED) is 0.745. The van der Waals surface area contributed by atoms with Crippen LogP contribution < -0.4 is 0 Å². The molecule has 0 saturated carbocycles. The van der Waals surface area contributed by atoms with Crippen molar-refractivity contribution in [2.45, 2.75) is 39.2 Å². The summed E-state index contributed by atoms with van der Waals surface area (Å²) in [5.74, 6) is 0.0358. The van der Waals surface area contributed by atoms with E-state index in [-0.39, 0.29) is 5.78 Å². The third kappa shape index (κ3) is 2.46. The van der Waals surface area contributed by atoms with Crippen LogP contribution in [0.2, 0.25) is 0 Å². The van der Waals surface area contributed by atoms with E-state index in [1.807, 2.05) is 51.1 Å². The van der Waals surface area contributed by atoms with Crippen LogP contribution in [0, 0.1) is 0 Å². The Morgan fingerprint density at radius 2 is 1.85 bits per heavy atom. The van der Waals surface area contributed by atoms with Gasteiger partial charge in [0.15, 0.2) is 5.78 Å². The van der Waals surface area contributed by atoms with E-state index in [0.29, 0.717) is 25.0 Å². The fourth-order valence-corrected chi connectivity index (χ4v) is 2.65. The lowest BCUT2D eigenvalue weighted by Gasteiger charge is -2.30. The molecule has 20 heavy (non-hydrogen) atoms. The Morgan fingerprint density at radius 1 is 1.15 bits per heavy atom. The number of rotatable bonds is 6. The monoisotopic (exact) mass is 271 g/mol. The molecule has 0 aliphatic carbocycles. The minimum absolute atomic E-state index is 0.0358. The van der Waals surface area contributed by atoms with Gasteiger partial charge in [-0.1, -0.05) is 32.0 Å². The second kappa shape index (κ2) is 6.14. The van der Waals surface area contributed by atoms with Gasteiger partial charge in [0.2, 0.25) is 0 Å². The van der Waals surface area contributed by atoms with Crippen molar-refractivity contribution in [3.8, 4) is 0 Å². The van der Waals surface area contributed by atoms with E-state index in [1.165, 1.54) is 0 Å². The summed E-state index contributed by atoms with van der Waals surface area (Å²) in [5, 5.41) is 0.982. The van der Waals surface area contributed by atoms with Crippen LogP contribution in [0.4, 0.5) is 0 Å². The van der Waals surface area contributed by atoms with Crippen molar-refractivity contribution in [2.75, 3.05) is 6.61 Å². The molecule has 2 rings (SSSR count). The average molecular weight is 271 g/mol. The average Bonchev–Trinajstić information content (AvgIpc) is 2.51. The maximum Gasteiger partial charge on any atom is 0.196 e. The number of Topliss-reactive ketones (excluding diaryl/α,β-unsaturated/α-hetero) is 1. The molecular weight excluding hydrogens is 250 g/mol. The Kier molecular flexibility index (Phi) is 4.50. The lowest BCUT2D eigenvalue weighted by molar-refractivity contribution is -0.0249. The third-order valence-electron chi connectivity index (χ3n) is 3.85. The van der Waals surface area contributed by atoms with Gasteiger partial charge in [0.1, 0.15) is 5.60 Å². The van der Waals surface area contributed by atoms with Crippen LogP contribution in [0.3, 0.4) is 0 Å². The predicted octanol–water partition coefficient (Wildman–Crippen LogP) is 4.01. The molecule has 0 amide bonds. The number of benzene rings is 1. The Morgan fingerprint density at radius 3 is 2.50 bits per heavy atom. The molecule has 0 aliphatic rings. The first-order valence-corrected chi connectivity index (χ1v) is 7.21. The van der Waals surface area contributed by atoms with Gasteiger partial charge >= 0.3 is 0 Å². The maximum atomic E-state index is 13.0. The smallest absolute Gasteiger partial charge is 0.196 e. The number of carbonyl (C=O) groups is 1. The fraction of sp³-hybridized carbons (Fsp3) is 0.412. The normalized spacial score (nSPS) is 11.8. The summed E-state index contributed by atoms with van der Waals surface area (Å²) in [4.78, 5) is 17.3. The summed E-state index contributed by atoms with van der Waals surface area (Å²) in [7, 11) is 0. The van der Waals surface area contributed by atoms with Crippen molar-refractivity contribution >= 4 is 16.7 Å². The summed E-state index contributed by atoms with van der Waals surface area (Å²) in [6.07, 6.45) is 3.05. The van der Waals surface area contributed by atoms with E-state index in [2.05, 4.69) is 4.98 Å². The number of carbonyl (C=O) groups excluding carboxylic acids is 1. The van der Waals surface area contributed by atoms with Crippen molar-refractivity contribution in [3.05, 3.63) is 42.1 Å². The van der Waals surface area contributed by atoms with Crippen molar-refractivity contribution in [2.24, 2.45) is 0 Å². The molecule has 0 unspecified atom stereocenters. The van der Waals surface area contributed by atoms with Crippen LogP contribution >= 0.6 is 0 Å². The first-order chi connectivity index (χ1) is 9.68. The fourth-order valence-electron chi connectivity index (χ4n) is 2.65. The largest absolute Gasteiger partial charge is 0.367 e. The topological polar surface area (TPSA) is 39.2 Å². The second-order valence-electron chi connectivity index (χ2n) is 4.84. The zero-order chi connectivity index (χ0) is 14.6. The number of nitrogens with zero attached hydrogens (tertiary/aromatic N) is 1. The summed E-state index contributed by atoms with van der Waals surface area (Å²) in [6, 6.07) is 9.57. The molecule has 106 valence electrons. The molecule has 1 heterocycles. The number of hydrogen-bond acceptors (Lipinski definition) is 3. The van der Waals surface area contributed by atoms with E-state index in [1.54, 1.807) is 6.20 Å².